The molecule has 0 radical (unpaired) electrons. The molecule has 2 heterocycles. The number of amides is 2. The lowest BCUT2D eigenvalue weighted by Gasteiger charge is -2.07. The molecule has 0 fully saturated rings. The lowest BCUT2D eigenvalue weighted by atomic mass is 10.2. The zero-order valence-corrected chi connectivity index (χ0v) is 11.3. The Bertz CT molecular complexity index is 581. The number of urea groups is 1. The molecule has 7 heteroatoms. The van der Waals surface area contributed by atoms with Crippen LogP contribution in [0.4, 0.5) is 10.5 Å². The molecule has 0 spiro atoms. The molecule has 2 aromatic rings. The van der Waals surface area contributed by atoms with Gasteiger partial charge < -0.3 is 15.7 Å². The lowest BCUT2D eigenvalue weighted by molar-refractivity contribution is 0.0690. The summed E-state index contributed by atoms with van der Waals surface area (Å²) in [5.74, 6) is -1.10. The number of nitrogens with zero attached hydrogens (tertiary/aromatic N) is 1. The second-order valence-electron chi connectivity index (χ2n) is 4.00. The van der Waals surface area contributed by atoms with E-state index in [0.717, 1.165) is 6.42 Å². The maximum Gasteiger partial charge on any atom is 0.354 e. The van der Waals surface area contributed by atoms with Gasteiger partial charge in [-0.15, -0.1) is 0 Å². The third kappa shape index (κ3) is 4.06. The number of aromatic nitrogens is 1. The van der Waals surface area contributed by atoms with Crippen LogP contribution < -0.4 is 10.6 Å². The van der Waals surface area contributed by atoms with E-state index in [4.69, 9.17) is 5.11 Å². The van der Waals surface area contributed by atoms with Gasteiger partial charge in [-0.3, -0.25) is 0 Å². The quantitative estimate of drug-likeness (QED) is 0.787. The largest absolute Gasteiger partial charge is 0.477 e. The van der Waals surface area contributed by atoms with E-state index in [2.05, 4.69) is 15.6 Å². The molecular weight excluding hydrogens is 278 g/mol. The number of hydrogen-bond donors (Lipinski definition) is 3. The summed E-state index contributed by atoms with van der Waals surface area (Å²) >= 11 is 1.62. The summed E-state index contributed by atoms with van der Waals surface area (Å²) in [6, 6.07) is 4.50. The minimum atomic E-state index is -1.10. The van der Waals surface area contributed by atoms with Crippen molar-refractivity contribution < 1.29 is 14.7 Å². The van der Waals surface area contributed by atoms with Crippen LogP contribution in [0.5, 0.6) is 0 Å². The molecule has 0 unspecified atom stereocenters. The van der Waals surface area contributed by atoms with E-state index in [-0.39, 0.29) is 11.7 Å². The SMILES string of the molecule is O=C(NCCc1ccsc1)Nc1ccc(C(=O)O)nc1. The Kier molecular flexibility index (Phi) is 4.67. The van der Waals surface area contributed by atoms with Crippen LogP contribution in [0.3, 0.4) is 0 Å². The first kappa shape index (κ1) is 14.0. The molecular formula is C13H13N3O3S. The van der Waals surface area contributed by atoms with Crippen molar-refractivity contribution in [3.63, 3.8) is 0 Å². The molecule has 0 saturated carbocycles. The van der Waals surface area contributed by atoms with Gasteiger partial charge in [0.1, 0.15) is 5.69 Å². The smallest absolute Gasteiger partial charge is 0.354 e. The Hall–Kier alpha value is -2.41. The number of nitrogens with one attached hydrogen (secondary N) is 2. The van der Waals surface area contributed by atoms with Crippen molar-refractivity contribution >= 4 is 29.0 Å². The Morgan fingerprint density at radius 3 is 2.75 bits per heavy atom. The van der Waals surface area contributed by atoms with Crippen LogP contribution in [-0.2, 0) is 6.42 Å². The number of aromatic carboxylic acids is 1. The Morgan fingerprint density at radius 2 is 2.15 bits per heavy atom. The molecule has 0 bridgehead atoms. The summed E-state index contributed by atoms with van der Waals surface area (Å²) in [7, 11) is 0. The van der Waals surface area contributed by atoms with Crippen molar-refractivity contribution in [1.29, 1.82) is 0 Å². The van der Waals surface area contributed by atoms with E-state index in [0.29, 0.717) is 12.2 Å². The minimum absolute atomic E-state index is 0.0617. The molecule has 2 aromatic heterocycles. The van der Waals surface area contributed by atoms with Crippen molar-refractivity contribution in [2.24, 2.45) is 0 Å². The van der Waals surface area contributed by atoms with Gasteiger partial charge in [-0.1, -0.05) is 0 Å². The third-order valence-corrected chi connectivity index (χ3v) is 3.25. The molecule has 0 atom stereocenters. The first-order valence-electron chi connectivity index (χ1n) is 5.90. The average molecular weight is 291 g/mol. The fraction of sp³-hybridized carbons (Fsp3) is 0.154. The van der Waals surface area contributed by atoms with Gasteiger partial charge in [-0.25, -0.2) is 14.6 Å². The highest BCUT2D eigenvalue weighted by Crippen LogP contribution is 2.07. The minimum Gasteiger partial charge on any atom is -0.477 e. The highest BCUT2D eigenvalue weighted by Gasteiger charge is 2.05. The van der Waals surface area contributed by atoms with E-state index in [1.54, 1.807) is 11.3 Å². The number of carbonyl (C=O) groups excluding carboxylic acids is 1. The summed E-state index contributed by atoms with van der Waals surface area (Å²) in [5.41, 5.74) is 1.57. The fourth-order valence-corrected chi connectivity index (χ4v) is 2.23. The van der Waals surface area contributed by atoms with Gasteiger partial charge in [-0.05, 0) is 40.9 Å². The highest BCUT2D eigenvalue weighted by molar-refractivity contribution is 7.07. The molecule has 104 valence electrons. The third-order valence-electron chi connectivity index (χ3n) is 2.52. The number of carbonyl (C=O) groups is 2. The molecule has 0 aromatic carbocycles. The molecule has 3 N–H and O–H groups in total. The van der Waals surface area contributed by atoms with E-state index >= 15 is 0 Å². The van der Waals surface area contributed by atoms with E-state index in [9.17, 15) is 9.59 Å². The first-order valence-corrected chi connectivity index (χ1v) is 6.85. The monoisotopic (exact) mass is 291 g/mol. The van der Waals surface area contributed by atoms with Crippen LogP contribution in [0, 0.1) is 0 Å². The lowest BCUT2D eigenvalue weighted by Crippen LogP contribution is -2.30. The van der Waals surface area contributed by atoms with Crippen LogP contribution in [0.15, 0.2) is 35.2 Å². The average Bonchev–Trinajstić information content (AvgIpc) is 2.92. The predicted molar refractivity (Wildman–Crippen MR) is 76.2 cm³/mol. The van der Waals surface area contributed by atoms with Gasteiger partial charge in [0.25, 0.3) is 0 Å². The van der Waals surface area contributed by atoms with E-state index in [1.807, 2.05) is 16.8 Å². The molecule has 6 nitrogen and oxygen atoms in total. The summed E-state index contributed by atoms with van der Waals surface area (Å²) in [4.78, 5) is 25.9. The number of hydrogen-bond acceptors (Lipinski definition) is 4. The van der Waals surface area contributed by atoms with Crippen LogP contribution in [-0.4, -0.2) is 28.6 Å². The highest BCUT2D eigenvalue weighted by atomic mass is 32.1. The standard InChI is InChI=1S/C13H13N3O3S/c17-12(18)11-2-1-10(7-15-11)16-13(19)14-5-3-9-4-6-20-8-9/h1-2,4,6-8H,3,5H2,(H,17,18)(H2,14,16,19). The maximum atomic E-state index is 11.6. The summed E-state index contributed by atoms with van der Waals surface area (Å²) in [6.45, 7) is 0.531. The molecule has 0 saturated heterocycles. The van der Waals surface area contributed by atoms with Crippen molar-refractivity contribution in [3.8, 4) is 0 Å². The molecule has 2 rings (SSSR count). The number of rotatable bonds is 5. The molecule has 0 aliphatic carbocycles. The first-order chi connectivity index (χ1) is 9.65. The van der Waals surface area contributed by atoms with Crippen molar-refractivity contribution in [2.45, 2.75) is 6.42 Å². The number of anilines is 1. The van der Waals surface area contributed by atoms with Gasteiger partial charge in [0, 0.05) is 6.54 Å². The van der Waals surface area contributed by atoms with Crippen LogP contribution in [0.25, 0.3) is 0 Å². The second-order valence-corrected chi connectivity index (χ2v) is 4.78. The van der Waals surface area contributed by atoms with Gasteiger partial charge in [0.2, 0.25) is 0 Å². The molecule has 20 heavy (non-hydrogen) atoms. The Labute approximate surface area is 119 Å². The van der Waals surface area contributed by atoms with Gasteiger partial charge in [-0.2, -0.15) is 11.3 Å². The number of carboxylic acids is 1. The van der Waals surface area contributed by atoms with Crippen LogP contribution in [0.2, 0.25) is 0 Å². The normalized spacial score (nSPS) is 10.0. The van der Waals surface area contributed by atoms with Crippen molar-refractivity contribution in [1.82, 2.24) is 10.3 Å². The fourth-order valence-electron chi connectivity index (χ4n) is 1.52. The topological polar surface area (TPSA) is 91.3 Å². The Balaban J connectivity index is 1.77. The Morgan fingerprint density at radius 1 is 1.30 bits per heavy atom. The molecule has 2 amide bonds. The van der Waals surface area contributed by atoms with E-state index in [1.165, 1.54) is 23.9 Å². The zero-order valence-electron chi connectivity index (χ0n) is 10.5. The molecule has 0 aliphatic heterocycles. The number of pyridine rings is 1. The second kappa shape index (κ2) is 6.67. The predicted octanol–water partition coefficient (Wildman–Crippen LogP) is 2.21. The van der Waals surface area contributed by atoms with Crippen molar-refractivity contribution in [3.05, 3.63) is 46.4 Å². The van der Waals surface area contributed by atoms with Gasteiger partial charge >= 0.3 is 12.0 Å². The van der Waals surface area contributed by atoms with E-state index < -0.39 is 5.97 Å². The van der Waals surface area contributed by atoms with Crippen LogP contribution in [0.1, 0.15) is 16.1 Å². The van der Waals surface area contributed by atoms with Crippen LogP contribution >= 0.6 is 11.3 Å². The summed E-state index contributed by atoms with van der Waals surface area (Å²) < 4.78 is 0. The summed E-state index contributed by atoms with van der Waals surface area (Å²) in [5, 5.41) is 18.0. The number of thiophene rings is 1. The zero-order chi connectivity index (χ0) is 14.4. The number of carboxylic acid groups (broad SMARTS) is 1. The molecule has 0 aliphatic rings. The van der Waals surface area contributed by atoms with Gasteiger partial charge in [0.05, 0.1) is 11.9 Å². The van der Waals surface area contributed by atoms with Gasteiger partial charge in [0.15, 0.2) is 0 Å². The summed E-state index contributed by atoms with van der Waals surface area (Å²) in [6.07, 6.45) is 2.08. The van der Waals surface area contributed by atoms with Crippen molar-refractivity contribution in [2.75, 3.05) is 11.9 Å². The maximum absolute atomic E-state index is 11.6.